The van der Waals surface area contributed by atoms with Crippen LogP contribution in [0.2, 0.25) is 0 Å². The topological polar surface area (TPSA) is 169 Å². The van der Waals surface area contributed by atoms with Gasteiger partial charge in [-0.05, 0) is 154 Å². The fraction of sp³-hybridized carbons (Fsp3) is 0.110. The molecule has 0 bridgehead atoms. The predicted octanol–water partition coefficient (Wildman–Crippen LogP) is 35.3. The van der Waals surface area contributed by atoms with Crippen LogP contribution in [0.4, 0.5) is 0 Å². The SMILES string of the molecule is C=Cc1c(C)oc2ccc(-c3nc(-c4ccccc4)nc(-c4cccc5c4-c4ccc6c(oc7ccccc76)c4C5(CC)CC)n3)cc12.CC(C)C1(C(C)C)c2ccccc2-c2ccc3c(oc4c(-c5ccc(-c6nc(-c7ccccc7)nc(-c7ccccc7)n6)cc5)cccc43)c21.CC1(c2ccccc2)c2ccccc2-c2ccc3c(oc4c(-c5cccc(-c6nc(-c7ccccc7)nc(-c7ccccc7)n6)c5)cccc43)c21. The molecule has 7 aromatic heterocycles. The zero-order valence-corrected chi connectivity index (χ0v) is 83.8. The van der Waals surface area contributed by atoms with Gasteiger partial charge in [-0.3, -0.25) is 0 Å². The molecule has 714 valence electrons. The van der Waals surface area contributed by atoms with Crippen molar-refractivity contribution in [2.24, 2.45) is 11.8 Å². The summed E-state index contributed by atoms with van der Waals surface area (Å²) in [5.74, 6) is 7.33. The Morgan fingerprint density at radius 1 is 0.255 bits per heavy atom. The normalized spacial score (nSPS) is 13.8. The van der Waals surface area contributed by atoms with Gasteiger partial charge in [0.15, 0.2) is 52.4 Å². The number of hydrogen-bond donors (Lipinski definition) is 0. The molecule has 1 atom stereocenters. The summed E-state index contributed by atoms with van der Waals surface area (Å²) >= 11 is 0. The highest BCUT2D eigenvalue weighted by Crippen LogP contribution is 2.63. The summed E-state index contributed by atoms with van der Waals surface area (Å²) in [5, 5.41) is 7.81. The minimum atomic E-state index is -0.369. The second-order valence-corrected chi connectivity index (χ2v) is 39.9. The zero-order chi connectivity index (χ0) is 100. The Morgan fingerprint density at radius 3 is 1.13 bits per heavy atom. The third-order valence-electron chi connectivity index (χ3n) is 31.5. The van der Waals surface area contributed by atoms with Gasteiger partial charge in [0.1, 0.15) is 44.8 Å². The molecule has 28 rings (SSSR count). The molecule has 0 aliphatic heterocycles. The number of para-hydroxylation sites is 3. The lowest BCUT2D eigenvalue weighted by Gasteiger charge is -2.40. The number of hydrogen-bond acceptors (Lipinski definition) is 13. The van der Waals surface area contributed by atoms with Crippen LogP contribution in [0.5, 0.6) is 0 Å². The minimum absolute atomic E-state index is 0.150. The van der Waals surface area contributed by atoms with Gasteiger partial charge in [-0.2, -0.15) is 0 Å². The molecule has 149 heavy (non-hydrogen) atoms. The highest BCUT2D eigenvalue weighted by atomic mass is 16.3. The average molecular weight is 1930 g/mol. The lowest BCUT2D eigenvalue weighted by Crippen LogP contribution is -2.37. The number of nitrogens with zero attached hydrogens (tertiary/aromatic N) is 9. The Balaban J connectivity index is 0.000000113. The minimum Gasteiger partial charge on any atom is -0.461 e. The maximum Gasteiger partial charge on any atom is 0.164 e. The van der Waals surface area contributed by atoms with Crippen molar-refractivity contribution in [3.8, 4) is 158 Å². The first kappa shape index (κ1) is 90.7. The van der Waals surface area contributed by atoms with E-state index in [9.17, 15) is 0 Å². The summed E-state index contributed by atoms with van der Waals surface area (Å²) < 4.78 is 26.9. The predicted molar refractivity (Wildman–Crippen MR) is 606 cm³/mol. The van der Waals surface area contributed by atoms with Crippen LogP contribution in [0.15, 0.2) is 437 Å². The van der Waals surface area contributed by atoms with Gasteiger partial charge in [0, 0.05) is 137 Å². The smallest absolute Gasteiger partial charge is 0.164 e. The molecule has 0 amide bonds. The van der Waals surface area contributed by atoms with Crippen LogP contribution in [-0.4, -0.2) is 44.9 Å². The highest BCUT2D eigenvalue weighted by molar-refractivity contribution is 6.16. The van der Waals surface area contributed by atoms with E-state index in [0.29, 0.717) is 64.3 Å². The second kappa shape index (κ2) is 36.5. The van der Waals surface area contributed by atoms with Gasteiger partial charge in [-0.25, -0.2) is 44.9 Å². The Morgan fingerprint density at radius 2 is 0.604 bits per heavy atom. The van der Waals surface area contributed by atoms with Crippen molar-refractivity contribution in [1.82, 2.24) is 44.9 Å². The van der Waals surface area contributed by atoms with Crippen molar-refractivity contribution in [3.05, 3.63) is 469 Å². The standard InChI is InChI=1S/C47H31N3O.C46H37N3O.C43H33N3O2/c1-47(34-21-9-4-10-22-34)40-26-12-11-23-36(40)37-27-28-39-38-25-14-24-35(42(38)51-43(39)41(37)47)32-19-13-20-33(29-32)46-49-44(30-15-5-2-6-16-30)48-45(50-46)31-17-7-3-8-18-31;1-28(2)46(29(3)4)39-21-12-11-18-35(39)36-26-27-38-37-20-13-19-34(41(37)50-42(38)40(36)46)30-22-24-33(25-23-30)45-48-43(31-14-7-5-8-15-31)47-44(49-45)32-16-9-6-10-17-32;1-5-28-25(4)47-36-23-20-27(24-33(28)36)41-44-40(26-14-9-8-10-15-26)45-42(46-41)32-17-13-18-34-37(32)31-22-21-30-29-16-11-12-19-35(29)48-39(30)38(31)43(34,6-2)7-3/h2-29H,1H3;5-29H,1-4H3;5,8-24H,1,6-7H2,2-4H3. The molecular formula is C136H101N9O4. The van der Waals surface area contributed by atoms with Gasteiger partial charge in [-0.1, -0.05) is 418 Å². The van der Waals surface area contributed by atoms with E-state index in [0.717, 1.165) is 168 Å². The molecule has 18 aromatic carbocycles. The van der Waals surface area contributed by atoms with E-state index >= 15 is 0 Å². The first-order valence-corrected chi connectivity index (χ1v) is 51.4. The van der Waals surface area contributed by atoms with E-state index in [1.54, 1.807) is 0 Å². The quantitative estimate of drug-likeness (QED) is 0.0845. The van der Waals surface area contributed by atoms with E-state index in [-0.39, 0.29) is 16.2 Å². The maximum atomic E-state index is 7.09. The van der Waals surface area contributed by atoms with Crippen LogP contribution in [0.3, 0.4) is 0 Å². The summed E-state index contributed by atoms with van der Waals surface area (Å²) in [5.41, 5.74) is 35.9. The van der Waals surface area contributed by atoms with Gasteiger partial charge < -0.3 is 17.7 Å². The van der Waals surface area contributed by atoms with E-state index in [4.69, 9.17) is 62.5 Å². The van der Waals surface area contributed by atoms with Crippen molar-refractivity contribution < 1.29 is 17.7 Å². The van der Waals surface area contributed by atoms with Crippen LogP contribution in [-0.2, 0) is 16.2 Å². The second-order valence-electron chi connectivity index (χ2n) is 39.9. The van der Waals surface area contributed by atoms with Crippen LogP contribution in [0.25, 0.3) is 241 Å². The van der Waals surface area contributed by atoms with Crippen molar-refractivity contribution >= 4 is 82.9 Å². The number of benzene rings is 18. The Labute approximate surface area is 863 Å². The van der Waals surface area contributed by atoms with Crippen molar-refractivity contribution in [3.63, 3.8) is 0 Å². The molecule has 7 heterocycles. The Hall–Kier alpha value is -18.3. The summed E-state index contributed by atoms with van der Waals surface area (Å²) in [7, 11) is 0. The molecule has 25 aromatic rings. The van der Waals surface area contributed by atoms with Gasteiger partial charge in [0.05, 0.1) is 0 Å². The first-order valence-electron chi connectivity index (χ1n) is 51.4. The molecule has 0 fully saturated rings. The fourth-order valence-electron chi connectivity index (χ4n) is 24.5. The third-order valence-corrected chi connectivity index (χ3v) is 31.5. The van der Waals surface area contributed by atoms with Crippen LogP contribution >= 0.6 is 0 Å². The zero-order valence-electron chi connectivity index (χ0n) is 83.8. The van der Waals surface area contributed by atoms with Crippen molar-refractivity contribution in [1.29, 1.82) is 0 Å². The highest BCUT2D eigenvalue weighted by Gasteiger charge is 2.51. The van der Waals surface area contributed by atoms with Crippen LogP contribution < -0.4 is 0 Å². The number of aromatic nitrogens is 9. The molecular weight excluding hydrogens is 1820 g/mol. The van der Waals surface area contributed by atoms with Gasteiger partial charge in [-0.15, -0.1) is 0 Å². The molecule has 13 heteroatoms. The van der Waals surface area contributed by atoms with Gasteiger partial charge >= 0.3 is 0 Å². The number of furan rings is 4. The lowest BCUT2D eigenvalue weighted by molar-refractivity contribution is 0.280. The number of aryl methyl sites for hydroxylation is 1. The van der Waals surface area contributed by atoms with E-state index < -0.39 is 0 Å². The first-order chi connectivity index (χ1) is 73.1. The molecule has 0 saturated carbocycles. The lowest BCUT2D eigenvalue weighted by atomic mass is 9.62. The van der Waals surface area contributed by atoms with Gasteiger partial charge in [0.2, 0.25) is 0 Å². The molecule has 0 N–H and O–H groups in total. The molecule has 0 saturated heterocycles. The maximum absolute atomic E-state index is 7.09. The Bertz CT molecular complexity index is 9480. The van der Waals surface area contributed by atoms with Crippen molar-refractivity contribution in [2.75, 3.05) is 0 Å². The van der Waals surface area contributed by atoms with E-state index in [1.165, 1.54) is 77.7 Å². The van der Waals surface area contributed by atoms with E-state index in [1.807, 2.05) is 183 Å². The molecule has 3 aliphatic rings. The Kier molecular flexibility index (Phi) is 22.2. The fourth-order valence-corrected chi connectivity index (χ4v) is 24.5. The number of fused-ring (bicyclic) bond motifs is 22. The molecule has 1 unspecified atom stereocenters. The number of rotatable bonds is 17. The molecule has 0 spiro atoms. The monoisotopic (exact) mass is 1920 g/mol. The average Bonchev–Trinajstić information content (AvgIpc) is 1.50. The molecule has 0 radical (unpaired) electrons. The summed E-state index contributed by atoms with van der Waals surface area (Å²) in [6.07, 6.45) is 3.73. The largest absolute Gasteiger partial charge is 0.461 e. The summed E-state index contributed by atoms with van der Waals surface area (Å²) in [4.78, 5) is 45.0. The van der Waals surface area contributed by atoms with Gasteiger partial charge in [0.25, 0.3) is 0 Å². The van der Waals surface area contributed by atoms with Crippen molar-refractivity contribution in [2.45, 2.75) is 84.5 Å². The molecule has 13 nitrogen and oxygen atoms in total. The third kappa shape index (κ3) is 14.7. The van der Waals surface area contributed by atoms with E-state index in [2.05, 4.69) is 298 Å². The van der Waals surface area contributed by atoms with Crippen LogP contribution in [0, 0.1) is 18.8 Å². The van der Waals surface area contributed by atoms with Crippen LogP contribution in [0.1, 0.15) is 112 Å². The summed E-state index contributed by atoms with van der Waals surface area (Å²) in [6, 6.07) is 143. The summed E-state index contributed by atoms with van der Waals surface area (Å²) in [6.45, 7) is 22.3. The molecule has 3 aliphatic carbocycles.